The Kier molecular flexibility index (Phi) is 2.86. The van der Waals surface area contributed by atoms with Crippen LogP contribution in [0, 0.1) is 0 Å². The van der Waals surface area contributed by atoms with Crippen LogP contribution >= 0.6 is 22.9 Å². The minimum atomic E-state index is 0.520. The van der Waals surface area contributed by atoms with Crippen LogP contribution in [-0.4, -0.2) is 23.1 Å². The molecule has 2 aromatic heterocycles. The molecule has 1 saturated heterocycles. The first-order valence-corrected chi connectivity index (χ1v) is 7.71. The molecule has 1 aliphatic heterocycles. The summed E-state index contributed by atoms with van der Waals surface area (Å²) < 4.78 is 1.15. The molecule has 4 rings (SSSR count). The highest BCUT2D eigenvalue weighted by Crippen LogP contribution is 2.36. The van der Waals surface area contributed by atoms with E-state index in [2.05, 4.69) is 20.9 Å². The van der Waals surface area contributed by atoms with Crippen molar-refractivity contribution in [1.82, 2.24) is 9.97 Å². The van der Waals surface area contributed by atoms with Gasteiger partial charge >= 0.3 is 0 Å². The molecule has 0 radical (unpaired) electrons. The second-order valence-electron chi connectivity index (χ2n) is 4.96. The molecule has 0 N–H and O–H groups in total. The Morgan fingerprint density at radius 1 is 1.20 bits per heavy atom. The highest BCUT2D eigenvalue weighted by atomic mass is 35.5. The molecule has 0 spiro atoms. The first-order chi connectivity index (χ1) is 9.79. The van der Waals surface area contributed by atoms with Crippen LogP contribution in [0.4, 0.5) is 5.13 Å². The average Bonchev–Trinajstić information content (AvgIpc) is 2.80. The Hall–Kier alpha value is -1.65. The molecule has 100 valence electrons. The predicted octanol–water partition coefficient (Wildman–Crippen LogP) is 3.95. The minimum Gasteiger partial charge on any atom is -0.347 e. The topological polar surface area (TPSA) is 29.0 Å². The molecule has 0 atom stereocenters. The van der Waals surface area contributed by atoms with Crippen molar-refractivity contribution >= 4 is 38.3 Å². The highest BCUT2D eigenvalue weighted by Gasteiger charge is 2.30. The monoisotopic (exact) mass is 301 g/mol. The molecule has 3 heterocycles. The summed E-state index contributed by atoms with van der Waals surface area (Å²) in [5.41, 5.74) is 2.20. The number of benzene rings is 1. The summed E-state index contributed by atoms with van der Waals surface area (Å²) in [7, 11) is 0. The molecular formula is C15H12ClN3S. The lowest BCUT2D eigenvalue weighted by molar-refractivity contribution is 0.513. The van der Waals surface area contributed by atoms with Crippen LogP contribution in [0.1, 0.15) is 11.6 Å². The van der Waals surface area contributed by atoms with Crippen LogP contribution in [0.15, 0.2) is 42.6 Å². The normalized spacial score (nSPS) is 15.6. The number of pyridine rings is 1. The van der Waals surface area contributed by atoms with Crippen LogP contribution in [-0.2, 0) is 0 Å². The number of thiazole rings is 1. The van der Waals surface area contributed by atoms with E-state index >= 15 is 0 Å². The largest absolute Gasteiger partial charge is 0.347 e. The van der Waals surface area contributed by atoms with Gasteiger partial charge in [0.1, 0.15) is 0 Å². The maximum Gasteiger partial charge on any atom is 0.186 e. The van der Waals surface area contributed by atoms with Gasteiger partial charge in [0.2, 0.25) is 0 Å². The first-order valence-electron chi connectivity index (χ1n) is 6.51. The quantitative estimate of drug-likeness (QED) is 0.717. The Balaban J connectivity index is 1.54. The van der Waals surface area contributed by atoms with Crippen LogP contribution in [0.25, 0.3) is 10.2 Å². The van der Waals surface area contributed by atoms with Gasteiger partial charge in [-0.2, -0.15) is 0 Å². The SMILES string of the molecule is Clc1ccc2nc(N3CC(c4ccccn4)C3)sc2c1. The smallest absolute Gasteiger partial charge is 0.186 e. The van der Waals surface area contributed by atoms with E-state index in [1.54, 1.807) is 11.3 Å². The number of hydrogen-bond donors (Lipinski definition) is 0. The van der Waals surface area contributed by atoms with Gasteiger partial charge in [-0.15, -0.1) is 0 Å². The zero-order valence-electron chi connectivity index (χ0n) is 10.7. The third-order valence-electron chi connectivity index (χ3n) is 3.60. The van der Waals surface area contributed by atoms with Crippen molar-refractivity contribution in [1.29, 1.82) is 0 Å². The second-order valence-corrected chi connectivity index (χ2v) is 6.41. The zero-order valence-corrected chi connectivity index (χ0v) is 12.2. The number of aromatic nitrogens is 2. The molecule has 0 amide bonds. The number of hydrogen-bond acceptors (Lipinski definition) is 4. The zero-order chi connectivity index (χ0) is 13.5. The number of halogens is 1. The average molecular weight is 302 g/mol. The molecule has 1 fully saturated rings. The maximum atomic E-state index is 6.02. The van der Waals surface area contributed by atoms with Crippen molar-refractivity contribution < 1.29 is 0 Å². The summed E-state index contributed by atoms with van der Waals surface area (Å²) in [5, 5.41) is 1.84. The van der Waals surface area contributed by atoms with Crippen molar-refractivity contribution in [2.75, 3.05) is 18.0 Å². The fraction of sp³-hybridized carbons (Fsp3) is 0.200. The van der Waals surface area contributed by atoms with Gasteiger partial charge in [-0.25, -0.2) is 4.98 Å². The van der Waals surface area contributed by atoms with E-state index in [9.17, 15) is 0 Å². The third kappa shape index (κ3) is 2.05. The van der Waals surface area contributed by atoms with Gasteiger partial charge in [0.15, 0.2) is 5.13 Å². The van der Waals surface area contributed by atoms with Gasteiger partial charge in [-0.05, 0) is 30.3 Å². The summed E-state index contributed by atoms with van der Waals surface area (Å²) in [6, 6.07) is 11.9. The third-order valence-corrected chi connectivity index (χ3v) is 4.91. The van der Waals surface area contributed by atoms with Gasteiger partial charge in [0.25, 0.3) is 0 Å². The highest BCUT2D eigenvalue weighted by molar-refractivity contribution is 7.22. The van der Waals surface area contributed by atoms with Crippen molar-refractivity contribution in [3.8, 4) is 0 Å². The molecule has 0 aliphatic carbocycles. The van der Waals surface area contributed by atoms with Gasteiger partial charge in [-0.3, -0.25) is 4.98 Å². The van der Waals surface area contributed by atoms with E-state index in [4.69, 9.17) is 11.6 Å². The minimum absolute atomic E-state index is 0.520. The fourth-order valence-electron chi connectivity index (χ4n) is 2.46. The van der Waals surface area contributed by atoms with Crippen molar-refractivity contribution in [3.63, 3.8) is 0 Å². The molecule has 1 aliphatic rings. The van der Waals surface area contributed by atoms with E-state index in [0.717, 1.165) is 33.5 Å². The van der Waals surface area contributed by atoms with E-state index in [-0.39, 0.29) is 0 Å². The van der Waals surface area contributed by atoms with Gasteiger partial charge in [-0.1, -0.05) is 29.0 Å². The number of fused-ring (bicyclic) bond motifs is 1. The first kappa shape index (κ1) is 12.1. The van der Waals surface area contributed by atoms with Crippen LogP contribution in [0.3, 0.4) is 0 Å². The van der Waals surface area contributed by atoms with E-state index in [1.165, 1.54) is 5.69 Å². The van der Waals surface area contributed by atoms with Crippen molar-refractivity contribution in [3.05, 3.63) is 53.3 Å². The van der Waals surface area contributed by atoms with Crippen LogP contribution in [0.5, 0.6) is 0 Å². The van der Waals surface area contributed by atoms with E-state index < -0.39 is 0 Å². The Morgan fingerprint density at radius 3 is 2.90 bits per heavy atom. The number of rotatable bonds is 2. The lowest BCUT2D eigenvalue weighted by atomic mass is 9.96. The summed E-state index contributed by atoms with van der Waals surface area (Å²) in [6.45, 7) is 1.98. The Labute approximate surface area is 125 Å². The lowest BCUT2D eigenvalue weighted by Crippen LogP contribution is -2.45. The summed E-state index contributed by atoms with van der Waals surface area (Å²) >= 11 is 7.72. The van der Waals surface area contributed by atoms with E-state index in [0.29, 0.717) is 5.92 Å². The molecule has 5 heteroatoms. The maximum absolute atomic E-state index is 6.02. The number of anilines is 1. The van der Waals surface area contributed by atoms with Crippen LogP contribution < -0.4 is 4.90 Å². The van der Waals surface area contributed by atoms with Crippen LogP contribution in [0.2, 0.25) is 5.02 Å². The molecule has 20 heavy (non-hydrogen) atoms. The number of nitrogens with zero attached hydrogens (tertiary/aromatic N) is 3. The van der Waals surface area contributed by atoms with Crippen molar-refractivity contribution in [2.24, 2.45) is 0 Å². The van der Waals surface area contributed by atoms with Crippen molar-refractivity contribution in [2.45, 2.75) is 5.92 Å². The fourth-order valence-corrected chi connectivity index (χ4v) is 3.72. The summed E-state index contributed by atoms with van der Waals surface area (Å²) in [6.07, 6.45) is 1.86. The molecule has 3 aromatic rings. The predicted molar refractivity (Wildman–Crippen MR) is 83.8 cm³/mol. The molecular weight excluding hydrogens is 290 g/mol. The Morgan fingerprint density at radius 2 is 2.10 bits per heavy atom. The molecule has 1 aromatic carbocycles. The Bertz CT molecular complexity index is 750. The molecule has 0 saturated carbocycles. The molecule has 0 unspecified atom stereocenters. The summed E-state index contributed by atoms with van der Waals surface area (Å²) in [5.74, 6) is 0.520. The lowest BCUT2D eigenvalue weighted by Gasteiger charge is -2.38. The summed E-state index contributed by atoms with van der Waals surface area (Å²) in [4.78, 5) is 11.4. The second kappa shape index (κ2) is 4.72. The van der Waals surface area contributed by atoms with Gasteiger partial charge in [0.05, 0.1) is 10.2 Å². The molecule has 3 nitrogen and oxygen atoms in total. The standard InChI is InChI=1S/C15H12ClN3S/c16-11-4-5-13-14(7-11)20-15(18-13)19-8-10(9-19)12-3-1-2-6-17-12/h1-7,10H,8-9H2. The van der Waals surface area contributed by atoms with Gasteiger partial charge < -0.3 is 4.90 Å². The van der Waals surface area contributed by atoms with E-state index in [1.807, 2.05) is 36.5 Å². The molecule has 0 bridgehead atoms. The van der Waals surface area contributed by atoms with Gasteiger partial charge in [0, 0.05) is 35.9 Å².